The molecule has 1 heterocycles. The molecule has 1 aliphatic heterocycles. The quantitative estimate of drug-likeness (QED) is 0.669. The zero-order valence-electron chi connectivity index (χ0n) is 15.8. The molecule has 0 saturated carbocycles. The fourth-order valence-electron chi connectivity index (χ4n) is 3.75. The number of hydrogen-bond donors (Lipinski definition) is 1. The maximum absolute atomic E-state index is 12.9. The lowest BCUT2D eigenvalue weighted by atomic mass is 9.97. The number of amides is 1. The molecular formula is C20H26Cl2N2O3S. The van der Waals surface area contributed by atoms with Crippen LogP contribution in [0.2, 0.25) is 10.0 Å². The fraction of sp³-hybridized carbons (Fsp3) is 0.550. The molecule has 0 radical (unpaired) electrons. The Labute approximate surface area is 177 Å². The molecule has 1 aliphatic carbocycles. The van der Waals surface area contributed by atoms with Crippen LogP contribution in [-0.4, -0.2) is 38.3 Å². The van der Waals surface area contributed by atoms with Gasteiger partial charge in [0.1, 0.15) is 0 Å². The van der Waals surface area contributed by atoms with Crippen molar-refractivity contribution in [1.82, 2.24) is 9.62 Å². The molecule has 1 saturated heterocycles. The molecule has 8 heteroatoms. The van der Waals surface area contributed by atoms with E-state index in [1.165, 1.54) is 22.7 Å². The molecule has 1 amide bonds. The number of nitrogens with zero attached hydrogens (tertiary/aromatic N) is 1. The lowest BCUT2D eigenvalue weighted by Crippen LogP contribution is -2.46. The first-order chi connectivity index (χ1) is 13.3. The maximum Gasteiger partial charge on any atom is 0.224 e. The molecule has 2 aliphatic rings. The van der Waals surface area contributed by atoms with E-state index in [1.54, 1.807) is 18.2 Å². The summed E-state index contributed by atoms with van der Waals surface area (Å²) in [6.45, 7) is 1.23. The summed E-state index contributed by atoms with van der Waals surface area (Å²) in [5.41, 5.74) is 1.79. The first kappa shape index (κ1) is 21.6. The molecule has 1 aromatic carbocycles. The Morgan fingerprint density at radius 1 is 1.21 bits per heavy atom. The van der Waals surface area contributed by atoms with Gasteiger partial charge in [-0.1, -0.05) is 40.9 Å². The van der Waals surface area contributed by atoms with Crippen molar-refractivity contribution in [3.63, 3.8) is 0 Å². The molecule has 1 aromatic rings. The number of nitrogens with one attached hydrogen (secondary N) is 1. The summed E-state index contributed by atoms with van der Waals surface area (Å²) in [5, 5.41) is 3.80. The van der Waals surface area contributed by atoms with Gasteiger partial charge in [0.15, 0.2) is 0 Å². The van der Waals surface area contributed by atoms with E-state index in [9.17, 15) is 13.2 Å². The number of piperidine rings is 1. The molecule has 1 atom stereocenters. The van der Waals surface area contributed by atoms with Crippen molar-refractivity contribution in [1.29, 1.82) is 0 Å². The predicted molar refractivity (Wildman–Crippen MR) is 113 cm³/mol. The number of sulfonamides is 1. The van der Waals surface area contributed by atoms with E-state index in [0.29, 0.717) is 41.5 Å². The fourth-order valence-corrected chi connectivity index (χ4v) is 5.94. The van der Waals surface area contributed by atoms with Crippen LogP contribution >= 0.6 is 23.2 Å². The Morgan fingerprint density at radius 2 is 2.04 bits per heavy atom. The monoisotopic (exact) mass is 444 g/mol. The molecule has 1 unspecified atom stereocenters. The zero-order chi connectivity index (χ0) is 20.1. The summed E-state index contributed by atoms with van der Waals surface area (Å²) < 4.78 is 27.1. The molecule has 154 valence electrons. The van der Waals surface area contributed by atoms with Crippen LogP contribution in [0, 0.1) is 5.92 Å². The third kappa shape index (κ3) is 5.72. The summed E-state index contributed by atoms with van der Waals surface area (Å²) in [4.78, 5) is 12.6. The van der Waals surface area contributed by atoms with Crippen molar-refractivity contribution in [2.24, 2.45) is 5.92 Å². The molecular weight excluding hydrogens is 419 g/mol. The number of carbonyl (C=O) groups excluding carboxylic acids is 1. The summed E-state index contributed by atoms with van der Waals surface area (Å²) >= 11 is 12.0. The minimum absolute atomic E-state index is 0.0594. The van der Waals surface area contributed by atoms with E-state index in [0.717, 1.165) is 12.8 Å². The highest BCUT2D eigenvalue weighted by Crippen LogP contribution is 2.26. The summed E-state index contributed by atoms with van der Waals surface area (Å²) in [6.07, 6.45) is 8.08. The van der Waals surface area contributed by atoms with Gasteiger partial charge in [0, 0.05) is 29.7 Å². The number of halogens is 2. The lowest BCUT2D eigenvalue weighted by Gasteiger charge is -2.31. The smallest absolute Gasteiger partial charge is 0.224 e. The highest BCUT2D eigenvalue weighted by atomic mass is 35.5. The number of rotatable bonds is 6. The molecule has 0 aromatic heterocycles. The van der Waals surface area contributed by atoms with Crippen LogP contribution in [-0.2, 0) is 20.6 Å². The number of benzene rings is 1. The Morgan fingerprint density at radius 3 is 2.75 bits per heavy atom. The van der Waals surface area contributed by atoms with Gasteiger partial charge in [0.05, 0.1) is 11.7 Å². The SMILES string of the molecule is O=C(NCC1=CCCCC1)C1CCCN(S(=O)(=O)Cc2ccc(Cl)cc2Cl)C1. The third-order valence-corrected chi connectivity index (χ3v) is 7.76. The van der Waals surface area contributed by atoms with E-state index in [4.69, 9.17) is 23.2 Å². The van der Waals surface area contributed by atoms with E-state index in [1.807, 2.05) is 0 Å². The van der Waals surface area contributed by atoms with Crippen LogP contribution in [0.1, 0.15) is 44.1 Å². The Kier molecular flexibility index (Phi) is 7.42. The number of carbonyl (C=O) groups is 1. The van der Waals surface area contributed by atoms with Gasteiger partial charge < -0.3 is 5.32 Å². The van der Waals surface area contributed by atoms with Crippen LogP contribution in [0.15, 0.2) is 29.8 Å². The second kappa shape index (κ2) is 9.61. The van der Waals surface area contributed by atoms with Crippen molar-refractivity contribution < 1.29 is 13.2 Å². The first-order valence-electron chi connectivity index (χ1n) is 9.72. The predicted octanol–water partition coefficient (Wildman–Crippen LogP) is 4.15. The maximum atomic E-state index is 12.9. The molecule has 0 bridgehead atoms. The van der Waals surface area contributed by atoms with Gasteiger partial charge in [-0.25, -0.2) is 12.7 Å². The first-order valence-corrected chi connectivity index (χ1v) is 12.1. The highest BCUT2D eigenvalue weighted by Gasteiger charge is 2.32. The topological polar surface area (TPSA) is 66.5 Å². The molecule has 0 spiro atoms. The van der Waals surface area contributed by atoms with Crippen LogP contribution in [0.5, 0.6) is 0 Å². The third-order valence-electron chi connectivity index (χ3n) is 5.38. The van der Waals surface area contributed by atoms with Gasteiger partial charge in [-0.2, -0.15) is 0 Å². The number of allylic oxidation sites excluding steroid dienone is 1. The molecule has 5 nitrogen and oxygen atoms in total. The van der Waals surface area contributed by atoms with Gasteiger partial charge in [0.2, 0.25) is 15.9 Å². The standard InChI is InChI=1S/C20H26Cl2N2O3S/c21-18-9-8-17(19(22)11-18)14-28(26,27)24-10-4-7-16(13-24)20(25)23-12-15-5-2-1-3-6-15/h5,8-9,11,16H,1-4,6-7,10,12-14H2,(H,23,25). The Hall–Kier alpha value is -1.08. The van der Waals surface area contributed by atoms with E-state index in [-0.39, 0.29) is 24.1 Å². The average Bonchev–Trinajstić information content (AvgIpc) is 2.69. The van der Waals surface area contributed by atoms with Crippen LogP contribution in [0.25, 0.3) is 0 Å². The van der Waals surface area contributed by atoms with Crippen molar-refractivity contribution in [3.8, 4) is 0 Å². The second-order valence-electron chi connectivity index (χ2n) is 7.52. The van der Waals surface area contributed by atoms with Gasteiger partial charge >= 0.3 is 0 Å². The van der Waals surface area contributed by atoms with E-state index in [2.05, 4.69) is 11.4 Å². The van der Waals surface area contributed by atoms with Crippen LogP contribution in [0.4, 0.5) is 0 Å². The Balaban J connectivity index is 1.59. The van der Waals surface area contributed by atoms with E-state index < -0.39 is 10.0 Å². The average molecular weight is 445 g/mol. The second-order valence-corrected chi connectivity index (χ2v) is 10.3. The van der Waals surface area contributed by atoms with Crippen molar-refractivity contribution in [3.05, 3.63) is 45.5 Å². The summed E-state index contributed by atoms with van der Waals surface area (Å²) in [5.74, 6) is -0.561. The normalized spacial score (nSPS) is 21.2. The molecule has 3 rings (SSSR count). The molecule has 1 fully saturated rings. The summed E-state index contributed by atoms with van der Waals surface area (Å²) in [7, 11) is -3.56. The highest BCUT2D eigenvalue weighted by molar-refractivity contribution is 7.88. The summed E-state index contributed by atoms with van der Waals surface area (Å²) in [6, 6.07) is 4.80. The minimum Gasteiger partial charge on any atom is -0.352 e. The van der Waals surface area contributed by atoms with Gasteiger partial charge in [-0.15, -0.1) is 0 Å². The lowest BCUT2D eigenvalue weighted by molar-refractivity contribution is -0.125. The van der Waals surface area contributed by atoms with Gasteiger partial charge in [-0.05, 0) is 56.2 Å². The zero-order valence-corrected chi connectivity index (χ0v) is 18.1. The van der Waals surface area contributed by atoms with Crippen LogP contribution < -0.4 is 5.32 Å². The molecule has 28 heavy (non-hydrogen) atoms. The van der Waals surface area contributed by atoms with Crippen molar-refractivity contribution in [2.75, 3.05) is 19.6 Å². The molecule has 1 N–H and O–H groups in total. The Bertz CT molecular complexity index is 855. The van der Waals surface area contributed by atoms with Gasteiger partial charge in [-0.3, -0.25) is 4.79 Å². The number of hydrogen-bond acceptors (Lipinski definition) is 3. The van der Waals surface area contributed by atoms with Gasteiger partial charge in [0.25, 0.3) is 0 Å². The van der Waals surface area contributed by atoms with Crippen molar-refractivity contribution in [2.45, 2.75) is 44.3 Å². The minimum atomic E-state index is -3.56. The van der Waals surface area contributed by atoms with E-state index >= 15 is 0 Å². The van der Waals surface area contributed by atoms with Crippen molar-refractivity contribution >= 4 is 39.1 Å². The van der Waals surface area contributed by atoms with Crippen LogP contribution in [0.3, 0.4) is 0 Å². The largest absolute Gasteiger partial charge is 0.352 e.